The zero-order valence-electron chi connectivity index (χ0n) is 8.91. The van der Waals surface area contributed by atoms with E-state index in [1.807, 2.05) is 0 Å². The van der Waals surface area contributed by atoms with Crippen LogP contribution in [-0.2, 0) is 19.1 Å². The van der Waals surface area contributed by atoms with Crippen LogP contribution in [0.15, 0.2) is 11.6 Å². The summed E-state index contributed by atoms with van der Waals surface area (Å²) in [6.45, 7) is 4.62. The number of allylic oxidation sites excluding steroid dienone is 1. The summed E-state index contributed by atoms with van der Waals surface area (Å²) in [5, 5.41) is 0. The van der Waals surface area contributed by atoms with Crippen molar-refractivity contribution in [2.75, 3.05) is 13.2 Å². The van der Waals surface area contributed by atoms with E-state index >= 15 is 0 Å². The fourth-order valence-electron chi connectivity index (χ4n) is 2.18. The lowest BCUT2D eigenvalue weighted by Gasteiger charge is -2.37. The van der Waals surface area contributed by atoms with E-state index < -0.39 is 11.2 Å². The molecular formula is C11H14O4. The molecule has 0 bridgehead atoms. The van der Waals surface area contributed by atoms with Gasteiger partial charge in [-0.3, -0.25) is 9.59 Å². The Labute approximate surface area is 88.2 Å². The summed E-state index contributed by atoms with van der Waals surface area (Å²) in [5.41, 5.74) is -0.442. The summed E-state index contributed by atoms with van der Waals surface area (Å²) in [5.74, 6) is -0.990. The molecule has 15 heavy (non-hydrogen) atoms. The second kappa shape index (κ2) is 3.25. The molecule has 1 fully saturated rings. The maximum Gasteiger partial charge on any atom is 0.190 e. The monoisotopic (exact) mass is 210 g/mol. The van der Waals surface area contributed by atoms with Gasteiger partial charge in [-0.1, -0.05) is 13.8 Å². The smallest absolute Gasteiger partial charge is 0.190 e. The Bertz CT molecular complexity index is 334. The molecule has 1 spiro atoms. The molecule has 1 aliphatic carbocycles. The minimum absolute atomic E-state index is 0.137. The molecule has 4 heteroatoms. The third kappa shape index (κ3) is 1.64. The molecule has 0 atom stereocenters. The van der Waals surface area contributed by atoms with Crippen molar-refractivity contribution in [3.8, 4) is 0 Å². The summed E-state index contributed by atoms with van der Waals surface area (Å²) in [6, 6.07) is 0. The number of hydrogen-bond acceptors (Lipinski definition) is 4. The molecule has 2 aliphatic rings. The summed E-state index contributed by atoms with van der Waals surface area (Å²) in [4.78, 5) is 22.6. The van der Waals surface area contributed by atoms with Crippen molar-refractivity contribution >= 4 is 12.1 Å². The first-order valence-electron chi connectivity index (χ1n) is 5.00. The van der Waals surface area contributed by atoms with Crippen molar-refractivity contribution in [1.82, 2.24) is 0 Å². The van der Waals surface area contributed by atoms with Gasteiger partial charge in [0, 0.05) is 11.8 Å². The lowest BCUT2D eigenvalue weighted by Crippen LogP contribution is -2.43. The van der Waals surface area contributed by atoms with Gasteiger partial charge in [0.1, 0.15) is 0 Å². The van der Waals surface area contributed by atoms with Crippen LogP contribution in [0.4, 0.5) is 0 Å². The van der Waals surface area contributed by atoms with Crippen molar-refractivity contribution in [1.29, 1.82) is 0 Å². The molecule has 0 radical (unpaired) electrons. The quantitative estimate of drug-likeness (QED) is 0.475. The van der Waals surface area contributed by atoms with Crippen LogP contribution < -0.4 is 0 Å². The Morgan fingerprint density at radius 2 is 1.93 bits per heavy atom. The molecule has 0 aromatic rings. The highest BCUT2D eigenvalue weighted by Gasteiger charge is 2.48. The minimum atomic E-state index is -0.854. The fourth-order valence-corrected chi connectivity index (χ4v) is 2.18. The van der Waals surface area contributed by atoms with E-state index in [2.05, 4.69) is 0 Å². The van der Waals surface area contributed by atoms with Crippen LogP contribution in [0.25, 0.3) is 0 Å². The standard InChI is InChI=1S/C11H14O4/c1-10(2)7-11(14-3-4-15-11)5-8(6-12)9(10)13/h5-6H,3-4,7H2,1-2H3. The zero-order chi connectivity index (χ0) is 11.1. The van der Waals surface area contributed by atoms with E-state index in [1.54, 1.807) is 13.8 Å². The number of carbonyl (C=O) groups is 2. The number of ether oxygens (including phenoxy) is 2. The number of carbonyl (C=O) groups excluding carboxylic acids is 2. The van der Waals surface area contributed by atoms with Gasteiger partial charge in [-0.05, 0) is 6.08 Å². The van der Waals surface area contributed by atoms with Crippen molar-refractivity contribution in [2.24, 2.45) is 5.41 Å². The average molecular weight is 210 g/mol. The van der Waals surface area contributed by atoms with Gasteiger partial charge in [0.15, 0.2) is 17.9 Å². The molecule has 82 valence electrons. The molecule has 1 saturated heterocycles. The van der Waals surface area contributed by atoms with Gasteiger partial charge in [-0.15, -0.1) is 0 Å². The van der Waals surface area contributed by atoms with Gasteiger partial charge < -0.3 is 9.47 Å². The molecule has 2 rings (SSSR count). The molecule has 0 N–H and O–H groups in total. The number of ketones is 1. The van der Waals surface area contributed by atoms with Crippen molar-refractivity contribution in [2.45, 2.75) is 26.1 Å². The van der Waals surface area contributed by atoms with Gasteiger partial charge in [0.05, 0.1) is 18.8 Å². The summed E-state index contributed by atoms with van der Waals surface area (Å²) in [6.07, 6.45) is 2.56. The SMILES string of the molecule is CC1(C)CC2(C=C(C=O)C1=O)OCCO2. The topological polar surface area (TPSA) is 52.6 Å². The van der Waals surface area contributed by atoms with Crippen LogP contribution in [0.5, 0.6) is 0 Å². The molecule has 0 aromatic heterocycles. The molecule has 0 amide bonds. The van der Waals surface area contributed by atoms with E-state index in [4.69, 9.17) is 9.47 Å². The van der Waals surface area contributed by atoms with Crippen LogP contribution in [-0.4, -0.2) is 31.1 Å². The maximum absolute atomic E-state index is 11.8. The van der Waals surface area contributed by atoms with E-state index in [-0.39, 0.29) is 11.4 Å². The Kier molecular flexibility index (Phi) is 2.28. The van der Waals surface area contributed by atoms with Gasteiger partial charge in [0.25, 0.3) is 0 Å². The molecule has 1 aliphatic heterocycles. The van der Waals surface area contributed by atoms with Gasteiger partial charge in [-0.25, -0.2) is 0 Å². The normalized spacial score (nSPS) is 27.9. The average Bonchev–Trinajstić information content (AvgIpc) is 2.59. The summed E-state index contributed by atoms with van der Waals surface area (Å²) < 4.78 is 11.0. The van der Waals surface area contributed by atoms with Crippen LogP contribution in [0, 0.1) is 5.41 Å². The van der Waals surface area contributed by atoms with Crippen LogP contribution in [0.2, 0.25) is 0 Å². The summed E-state index contributed by atoms with van der Waals surface area (Å²) >= 11 is 0. The third-order valence-corrected chi connectivity index (χ3v) is 2.84. The molecule has 0 unspecified atom stereocenters. The third-order valence-electron chi connectivity index (χ3n) is 2.84. The lowest BCUT2D eigenvalue weighted by molar-refractivity contribution is -0.157. The second-order valence-corrected chi connectivity index (χ2v) is 4.62. The Balaban J connectivity index is 2.42. The van der Waals surface area contributed by atoms with Crippen molar-refractivity contribution in [3.05, 3.63) is 11.6 Å². The predicted octanol–water partition coefficient (Wildman–Crippen LogP) is 0.854. The van der Waals surface area contributed by atoms with E-state index in [9.17, 15) is 9.59 Å². The number of hydrogen-bond donors (Lipinski definition) is 0. The van der Waals surface area contributed by atoms with Crippen molar-refractivity contribution < 1.29 is 19.1 Å². The Morgan fingerprint density at radius 3 is 2.47 bits per heavy atom. The first-order chi connectivity index (χ1) is 6.99. The van der Waals surface area contributed by atoms with Crippen LogP contribution >= 0.6 is 0 Å². The van der Waals surface area contributed by atoms with Gasteiger partial charge in [0.2, 0.25) is 0 Å². The Morgan fingerprint density at radius 1 is 1.33 bits per heavy atom. The van der Waals surface area contributed by atoms with Crippen molar-refractivity contribution in [3.63, 3.8) is 0 Å². The minimum Gasteiger partial charge on any atom is -0.344 e. The Hall–Kier alpha value is -1.00. The number of rotatable bonds is 1. The molecule has 0 saturated carbocycles. The summed E-state index contributed by atoms with van der Waals surface area (Å²) in [7, 11) is 0. The first kappa shape index (κ1) is 10.5. The van der Waals surface area contributed by atoms with Crippen LogP contribution in [0.1, 0.15) is 20.3 Å². The highest BCUT2D eigenvalue weighted by molar-refractivity contribution is 6.14. The van der Waals surface area contributed by atoms with E-state index in [0.29, 0.717) is 25.9 Å². The highest BCUT2D eigenvalue weighted by atomic mass is 16.7. The number of aldehydes is 1. The second-order valence-electron chi connectivity index (χ2n) is 4.62. The van der Waals surface area contributed by atoms with E-state index in [0.717, 1.165) is 0 Å². The number of Topliss-reactive ketones (excluding diaryl/α,β-unsaturated/α-hetero) is 1. The molecular weight excluding hydrogens is 196 g/mol. The van der Waals surface area contributed by atoms with Gasteiger partial charge >= 0.3 is 0 Å². The molecule has 4 nitrogen and oxygen atoms in total. The lowest BCUT2D eigenvalue weighted by atomic mass is 9.74. The highest BCUT2D eigenvalue weighted by Crippen LogP contribution is 2.41. The maximum atomic E-state index is 11.8. The molecule has 1 heterocycles. The zero-order valence-corrected chi connectivity index (χ0v) is 8.91. The molecule has 0 aromatic carbocycles. The fraction of sp³-hybridized carbons (Fsp3) is 0.636. The van der Waals surface area contributed by atoms with E-state index in [1.165, 1.54) is 6.08 Å². The van der Waals surface area contributed by atoms with Gasteiger partial charge in [-0.2, -0.15) is 0 Å². The largest absolute Gasteiger partial charge is 0.344 e. The first-order valence-corrected chi connectivity index (χ1v) is 5.00. The van der Waals surface area contributed by atoms with Crippen LogP contribution in [0.3, 0.4) is 0 Å². The predicted molar refractivity (Wildman–Crippen MR) is 52.2 cm³/mol.